The molecule has 0 heterocycles. The summed E-state index contributed by atoms with van der Waals surface area (Å²) >= 11 is 0. The third-order valence-electron chi connectivity index (χ3n) is 8.71. The molecule has 0 fully saturated rings. The number of nitrogens with one attached hydrogen (secondary N) is 2. The zero-order chi connectivity index (χ0) is 31.6. The van der Waals surface area contributed by atoms with Crippen molar-refractivity contribution in [2.45, 2.75) is 200 Å². The van der Waals surface area contributed by atoms with E-state index in [1.807, 2.05) is 0 Å². The Morgan fingerprint density at radius 3 is 1.47 bits per heavy atom. The van der Waals surface area contributed by atoms with Crippen molar-refractivity contribution in [3.8, 4) is 0 Å². The molecule has 0 spiro atoms. The number of unbranched alkanes of at least 4 members (excludes halogenated alkanes) is 19. The molecular formula is C37H76N4O2. The van der Waals surface area contributed by atoms with E-state index in [0.717, 1.165) is 51.7 Å². The van der Waals surface area contributed by atoms with Gasteiger partial charge in [-0.1, -0.05) is 136 Å². The largest absolute Gasteiger partial charge is 0.462 e. The van der Waals surface area contributed by atoms with Gasteiger partial charge in [0.05, 0.1) is 0 Å². The quantitative estimate of drug-likeness (QED) is 0.0292. The summed E-state index contributed by atoms with van der Waals surface area (Å²) in [7, 11) is 0. The Bertz CT molecular complexity index is 585. The number of rotatable bonds is 34. The number of hydrogen-bond acceptors (Lipinski definition) is 4. The van der Waals surface area contributed by atoms with Gasteiger partial charge in [0.2, 0.25) is 0 Å². The van der Waals surface area contributed by atoms with Crippen molar-refractivity contribution < 1.29 is 9.53 Å². The van der Waals surface area contributed by atoms with E-state index < -0.39 is 0 Å². The van der Waals surface area contributed by atoms with Gasteiger partial charge in [-0.3, -0.25) is 10.2 Å². The van der Waals surface area contributed by atoms with Gasteiger partial charge in [0.1, 0.15) is 6.10 Å². The molecule has 0 aromatic rings. The average Bonchev–Trinajstić information content (AvgIpc) is 2.99. The van der Waals surface area contributed by atoms with Crippen LogP contribution in [-0.2, 0) is 9.53 Å². The first-order valence-electron chi connectivity index (χ1n) is 19.0. The first-order chi connectivity index (χ1) is 21.0. The SMILES string of the molecule is CCCCCCCCC(CCCCCCCC)OC(=O)CCCCCCCN(CCCCCCCC)CCCNC(=N)N. The maximum atomic E-state index is 12.7. The summed E-state index contributed by atoms with van der Waals surface area (Å²) in [5.41, 5.74) is 5.43. The van der Waals surface area contributed by atoms with E-state index in [1.54, 1.807) is 0 Å². The summed E-state index contributed by atoms with van der Waals surface area (Å²) in [6, 6.07) is 0. The molecule has 0 amide bonds. The van der Waals surface area contributed by atoms with Gasteiger partial charge in [0.15, 0.2) is 5.96 Å². The molecule has 0 aliphatic carbocycles. The molecule has 256 valence electrons. The molecule has 0 saturated carbocycles. The van der Waals surface area contributed by atoms with Crippen LogP contribution in [0.15, 0.2) is 0 Å². The highest BCUT2D eigenvalue weighted by molar-refractivity contribution is 5.74. The molecule has 6 nitrogen and oxygen atoms in total. The van der Waals surface area contributed by atoms with Gasteiger partial charge in [-0.25, -0.2) is 0 Å². The molecule has 0 saturated heterocycles. The maximum absolute atomic E-state index is 12.7. The Labute approximate surface area is 268 Å². The number of esters is 1. The molecule has 4 N–H and O–H groups in total. The highest BCUT2D eigenvalue weighted by Gasteiger charge is 2.14. The number of ether oxygens (including phenoxy) is 1. The fourth-order valence-electron chi connectivity index (χ4n) is 5.92. The van der Waals surface area contributed by atoms with E-state index in [4.69, 9.17) is 15.9 Å². The van der Waals surface area contributed by atoms with Crippen molar-refractivity contribution in [1.82, 2.24) is 10.2 Å². The third kappa shape index (κ3) is 31.9. The van der Waals surface area contributed by atoms with Crippen LogP contribution in [-0.4, -0.2) is 49.1 Å². The van der Waals surface area contributed by atoms with Gasteiger partial charge in [0.25, 0.3) is 0 Å². The Morgan fingerprint density at radius 2 is 1.00 bits per heavy atom. The van der Waals surface area contributed by atoms with Crippen molar-refractivity contribution in [1.29, 1.82) is 5.41 Å². The van der Waals surface area contributed by atoms with Crippen LogP contribution in [0.5, 0.6) is 0 Å². The standard InChI is InChI=1S/C37H76N4O2/c1-4-7-10-13-17-22-28-35(29-23-18-14-11-8-5-2)43-36(42)30-24-19-16-21-26-33-41(34-27-31-40-37(38)39)32-25-20-15-12-9-6-3/h35H,4-34H2,1-3H3,(H4,38,39,40). The normalized spacial score (nSPS) is 11.5. The summed E-state index contributed by atoms with van der Waals surface area (Å²) < 4.78 is 6.02. The zero-order valence-corrected chi connectivity index (χ0v) is 29.3. The molecular weight excluding hydrogens is 532 g/mol. The molecule has 0 aliphatic heterocycles. The second-order valence-electron chi connectivity index (χ2n) is 13.0. The van der Waals surface area contributed by atoms with Crippen LogP contribution in [0.2, 0.25) is 0 Å². The molecule has 0 atom stereocenters. The van der Waals surface area contributed by atoms with Crippen LogP contribution < -0.4 is 11.1 Å². The lowest BCUT2D eigenvalue weighted by molar-refractivity contribution is -0.150. The van der Waals surface area contributed by atoms with Crippen LogP contribution in [0.4, 0.5) is 0 Å². The molecule has 0 aromatic carbocycles. The van der Waals surface area contributed by atoms with Gasteiger partial charge in [-0.2, -0.15) is 0 Å². The first-order valence-corrected chi connectivity index (χ1v) is 19.0. The van der Waals surface area contributed by atoms with Gasteiger partial charge in [-0.05, 0) is 71.0 Å². The Morgan fingerprint density at radius 1 is 0.605 bits per heavy atom. The van der Waals surface area contributed by atoms with Crippen LogP contribution in [0.25, 0.3) is 0 Å². The minimum atomic E-state index is 0.0336. The Hall–Kier alpha value is -1.30. The van der Waals surface area contributed by atoms with Crippen LogP contribution in [0, 0.1) is 5.41 Å². The van der Waals surface area contributed by atoms with Crippen molar-refractivity contribution in [2.24, 2.45) is 5.73 Å². The average molecular weight is 609 g/mol. The number of carbonyl (C=O) groups excluding carboxylic acids is 1. The molecule has 0 aliphatic rings. The van der Waals surface area contributed by atoms with E-state index >= 15 is 0 Å². The van der Waals surface area contributed by atoms with Crippen molar-refractivity contribution in [3.05, 3.63) is 0 Å². The van der Waals surface area contributed by atoms with E-state index in [-0.39, 0.29) is 18.0 Å². The third-order valence-corrected chi connectivity index (χ3v) is 8.71. The molecule has 0 aromatic heterocycles. The highest BCUT2D eigenvalue weighted by Crippen LogP contribution is 2.18. The number of hydrogen-bond donors (Lipinski definition) is 3. The summed E-state index contributed by atoms with van der Waals surface area (Å²) in [5, 5.41) is 10.3. The van der Waals surface area contributed by atoms with E-state index in [0.29, 0.717) is 6.42 Å². The molecule has 6 heteroatoms. The lowest BCUT2D eigenvalue weighted by Gasteiger charge is -2.22. The second kappa shape index (κ2) is 33.6. The maximum Gasteiger partial charge on any atom is 0.306 e. The smallest absolute Gasteiger partial charge is 0.306 e. The monoisotopic (exact) mass is 609 g/mol. The van der Waals surface area contributed by atoms with E-state index in [9.17, 15) is 4.79 Å². The summed E-state index contributed by atoms with van der Waals surface area (Å²) in [4.78, 5) is 15.3. The van der Waals surface area contributed by atoms with Crippen LogP contribution >= 0.6 is 0 Å². The number of carbonyl (C=O) groups is 1. The predicted molar refractivity (Wildman–Crippen MR) is 188 cm³/mol. The molecule has 0 bridgehead atoms. The highest BCUT2D eigenvalue weighted by atomic mass is 16.5. The Balaban J connectivity index is 4.23. The van der Waals surface area contributed by atoms with Crippen molar-refractivity contribution in [3.63, 3.8) is 0 Å². The lowest BCUT2D eigenvalue weighted by atomic mass is 10.0. The van der Waals surface area contributed by atoms with Crippen LogP contribution in [0.1, 0.15) is 194 Å². The predicted octanol–water partition coefficient (Wildman–Crippen LogP) is 10.3. The molecule has 0 unspecified atom stereocenters. The zero-order valence-electron chi connectivity index (χ0n) is 29.3. The fraction of sp³-hybridized carbons (Fsp3) is 0.946. The molecule has 43 heavy (non-hydrogen) atoms. The van der Waals surface area contributed by atoms with E-state index in [1.165, 1.54) is 141 Å². The molecule has 0 radical (unpaired) electrons. The summed E-state index contributed by atoms with van der Waals surface area (Å²) in [6.07, 6.45) is 33.1. The number of nitrogens with two attached hydrogens (primary N) is 1. The minimum absolute atomic E-state index is 0.0336. The first kappa shape index (κ1) is 41.7. The minimum Gasteiger partial charge on any atom is -0.462 e. The number of guanidine groups is 1. The van der Waals surface area contributed by atoms with Gasteiger partial charge in [0, 0.05) is 13.0 Å². The van der Waals surface area contributed by atoms with Crippen molar-refractivity contribution in [2.75, 3.05) is 26.2 Å². The lowest BCUT2D eigenvalue weighted by Crippen LogP contribution is -2.34. The van der Waals surface area contributed by atoms with Gasteiger partial charge >= 0.3 is 5.97 Å². The summed E-state index contributed by atoms with van der Waals surface area (Å²) in [6.45, 7) is 11.0. The van der Waals surface area contributed by atoms with Crippen molar-refractivity contribution >= 4 is 11.9 Å². The van der Waals surface area contributed by atoms with Gasteiger partial charge in [-0.15, -0.1) is 0 Å². The second-order valence-corrected chi connectivity index (χ2v) is 13.0. The molecule has 0 rings (SSSR count). The topological polar surface area (TPSA) is 91.4 Å². The van der Waals surface area contributed by atoms with E-state index in [2.05, 4.69) is 31.0 Å². The van der Waals surface area contributed by atoms with Gasteiger partial charge < -0.3 is 20.7 Å². The number of nitrogens with zero attached hydrogens (tertiary/aromatic N) is 1. The summed E-state index contributed by atoms with van der Waals surface area (Å²) in [5.74, 6) is 0.101. The van der Waals surface area contributed by atoms with Crippen LogP contribution in [0.3, 0.4) is 0 Å². The Kier molecular flexibility index (Phi) is 32.6. The fourth-order valence-corrected chi connectivity index (χ4v) is 5.92.